The number of fused-ring (bicyclic) bond motifs is 2. The van der Waals surface area contributed by atoms with Gasteiger partial charge < -0.3 is 9.80 Å². The van der Waals surface area contributed by atoms with Crippen LogP contribution in [0.1, 0.15) is 0 Å². The second-order valence-corrected chi connectivity index (χ2v) is 11.9. The molecule has 7 nitrogen and oxygen atoms in total. The van der Waals surface area contributed by atoms with Gasteiger partial charge >= 0.3 is 5.69 Å². The summed E-state index contributed by atoms with van der Waals surface area (Å²) in [6, 6.07) is 4.93. The Kier molecular flexibility index (Phi) is 6.66. The molecule has 2 aromatic carbocycles. The van der Waals surface area contributed by atoms with Crippen molar-refractivity contribution < 1.29 is 13.6 Å². The summed E-state index contributed by atoms with van der Waals surface area (Å²) in [4.78, 5) is 35.1. The molecule has 0 saturated carbocycles. The Balaban J connectivity index is 1.51. The summed E-state index contributed by atoms with van der Waals surface area (Å²) in [6.07, 6.45) is 3.37. The molecular weight excluding hydrogens is 552 g/mol. The number of benzene rings is 2. The maximum atomic E-state index is 14.9. The number of aryl methyl sites for hydroxylation is 1. The van der Waals surface area contributed by atoms with Crippen LogP contribution < -0.4 is 10.6 Å². The summed E-state index contributed by atoms with van der Waals surface area (Å²) >= 11 is 9.95. The van der Waals surface area contributed by atoms with Crippen molar-refractivity contribution in [1.29, 1.82) is 0 Å². The third kappa shape index (κ3) is 4.11. The largest absolute Gasteiger partial charge is 0.352 e. The first-order chi connectivity index (χ1) is 18.3. The predicted octanol–water partition coefficient (Wildman–Crippen LogP) is 4.27. The number of hydrogen-bond acceptors (Lipinski definition) is 7. The molecule has 0 radical (unpaired) electrons. The van der Waals surface area contributed by atoms with Crippen molar-refractivity contribution in [3.63, 3.8) is 0 Å². The number of hydrogen-bond donors (Lipinski definition) is 0. The van der Waals surface area contributed by atoms with E-state index in [9.17, 15) is 18.4 Å². The van der Waals surface area contributed by atoms with Crippen molar-refractivity contribution in [2.24, 2.45) is 0 Å². The highest BCUT2D eigenvalue weighted by molar-refractivity contribution is 7.99. The molecule has 0 spiro atoms. The van der Waals surface area contributed by atoms with Crippen LogP contribution in [0.25, 0.3) is 22.0 Å². The lowest BCUT2D eigenvalue weighted by Crippen LogP contribution is -2.69. The van der Waals surface area contributed by atoms with Gasteiger partial charge in [-0.05, 0) is 30.5 Å². The van der Waals surface area contributed by atoms with Crippen LogP contribution in [0.2, 0.25) is 5.02 Å². The Bertz CT molecular complexity index is 1530. The molecule has 3 aliphatic heterocycles. The Hall–Kier alpha value is -2.60. The van der Waals surface area contributed by atoms with Crippen LogP contribution in [-0.2, 0) is 11.3 Å². The second kappa shape index (κ2) is 9.86. The molecule has 38 heavy (non-hydrogen) atoms. The fourth-order valence-electron chi connectivity index (χ4n) is 5.81. The molecule has 6 rings (SSSR count). The van der Waals surface area contributed by atoms with Gasteiger partial charge in [-0.1, -0.05) is 30.1 Å². The van der Waals surface area contributed by atoms with E-state index in [-0.39, 0.29) is 29.2 Å². The molecule has 4 heterocycles. The molecule has 1 amide bonds. The maximum Gasteiger partial charge on any atom is 0.350 e. The van der Waals surface area contributed by atoms with Crippen LogP contribution in [0.4, 0.5) is 14.6 Å². The number of rotatable bonds is 4. The zero-order valence-electron chi connectivity index (χ0n) is 20.5. The summed E-state index contributed by atoms with van der Waals surface area (Å²) in [6.45, 7) is 6.48. The number of piperazine rings is 2. The van der Waals surface area contributed by atoms with Crippen LogP contribution in [0, 0.1) is 11.6 Å². The van der Waals surface area contributed by atoms with Crippen molar-refractivity contribution in [3.8, 4) is 11.1 Å². The van der Waals surface area contributed by atoms with Gasteiger partial charge in [0.1, 0.15) is 17.5 Å². The van der Waals surface area contributed by atoms with Gasteiger partial charge in [-0.3, -0.25) is 9.36 Å². The number of thioether (sulfide) groups is 1. The number of amides is 1. The van der Waals surface area contributed by atoms with Crippen molar-refractivity contribution in [2.45, 2.75) is 23.5 Å². The van der Waals surface area contributed by atoms with Crippen LogP contribution >= 0.6 is 35.3 Å². The number of carbonyl (C=O) groups is 1. The Morgan fingerprint density at radius 2 is 1.95 bits per heavy atom. The number of halogens is 3. The van der Waals surface area contributed by atoms with E-state index in [0.29, 0.717) is 70.7 Å². The van der Waals surface area contributed by atoms with Crippen molar-refractivity contribution in [1.82, 2.24) is 18.8 Å². The van der Waals surface area contributed by atoms with Crippen LogP contribution in [0.15, 0.2) is 46.6 Å². The first-order valence-electron chi connectivity index (χ1n) is 12.1. The molecule has 1 aromatic heterocycles. The SMILES string of the molecule is C=CC(=O)N1C2CN(SC)CC1CN(c1nc(=O)n3c4c(c(-c5ccc(F)cc5F)c(Cl)cc14)SCC3)C2. The van der Waals surface area contributed by atoms with E-state index in [1.165, 1.54) is 30.0 Å². The lowest BCUT2D eigenvalue weighted by Gasteiger charge is -2.52. The minimum absolute atomic E-state index is 0.101. The van der Waals surface area contributed by atoms with E-state index in [1.807, 2.05) is 11.2 Å². The molecule has 2 fully saturated rings. The van der Waals surface area contributed by atoms with Gasteiger partial charge in [-0.15, -0.1) is 11.8 Å². The molecule has 3 aliphatic rings. The Labute approximate surface area is 231 Å². The van der Waals surface area contributed by atoms with E-state index in [0.717, 1.165) is 6.07 Å². The van der Waals surface area contributed by atoms with Gasteiger partial charge in [0.05, 0.1) is 22.6 Å². The molecular formula is C26H24ClF2N5O2S2. The maximum absolute atomic E-state index is 14.9. The number of carbonyl (C=O) groups excluding carboxylic acids is 1. The topological polar surface area (TPSA) is 61.7 Å². The average Bonchev–Trinajstić information content (AvgIpc) is 2.89. The molecule has 2 atom stereocenters. The smallest absolute Gasteiger partial charge is 0.350 e. The molecule has 2 saturated heterocycles. The van der Waals surface area contributed by atoms with Gasteiger partial charge in [-0.2, -0.15) is 4.98 Å². The standard InChI is InChI=1S/C26H24ClF2N5O2S2/c1-3-21(35)34-15-10-31(11-16(34)13-32(12-15)37-2)25-18-9-19(27)22(17-5-4-14(28)8-20(17)29)24-23(18)33(6-7-38-24)26(36)30-25/h3-5,8-9,15-16H,1,6-7,10-13H2,2H3. The zero-order chi connectivity index (χ0) is 26.7. The highest BCUT2D eigenvalue weighted by atomic mass is 35.5. The normalized spacial score (nSPS) is 21.2. The van der Waals surface area contributed by atoms with Crippen LogP contribution in [0.5, 0.6) is 0 Å². The molecule has 198 valence electrons. The predicted molar refractivity (Wildman–Crippen MR) is 149 cm³/mol. The van der Waals surface area contributed by atoms with E-state index in [2.05, 4.69) is 20.8 Å². The highest BCUT2D eigenvalue weighted by Gasteiger charge is 2.43. The molecule has 3 aromatic rings. The summed E-state index contributed by atoms with van der Waals surface area (Å²) in [5, 5.41) is 1.00. The first-order valence-corrected chi connectivity index (χ1v) is 14.7. The lowest BCUT2D eigenvalue weighted by molar-refractivity contribution is -0.134. The Morgan fingerprint density at radius 3 is 2.61 bits per heavy atom. The lowest BCUT2D eigenvalue weighted by atomic mass is 9.99. The van der Waals surface area contributed by atoms with Crippen LogP contribution in [-0.4, -0.2) is 74.9 Å². The zero-order valence-corrected chi connectivity index (χ0v) is 22.9. The fraction of sp³-hybridized carbons (Fsp3) is 0.346. The molecule has 2 unspecified atom stereocenters. The van der Waals surface area contributed by atoms with Crippen LogP contribution in [0.3, 0.4) is 0 Å². The monoisotopic (exact) mass is 575 g/mol. The summed E-state index contributed by atoms with van der Waals surface area (Å²) in [7, 11) is 0. The third-order valence-corrected chi connectivity index (χ3v) is 9.56. The van der Waals surface area contributed by atoms with Crippen molar-refractivity contribution in [2.75, 3.05) is 43.1 Å². The quantitative estimate of drug-likeness (QED) is 0.340. The molecule has 0 aliphatic carbocycles. The molecule has 12 heteroatoms. The minimum atomic E-state index is -0.717. The fourth-order valence-corrected chi connectivity index (χ4v) is 8.02. The first kappa shape index (κ1) is 25.7. The minimum Gasteiger partial charge on any atom is -0.352 e. The van der Waals surface area contributed by atoms with Gasteiger partial charge in [0.25, 0.3) is 0 Å². The third-order valence-electron chi connectivity index (χ3n) is 7.38. The van der Waals surface area contributed by atoms with E-state index in [1.54, 1.807) is 22.6 Å². The van der Waals surface area contributed by atoms with Crippen molar-refractivity contribution >= 4 is 57.9 Å². The van der Waals surface area contributed by atoms with Crippen molar-refractivity contribution in [3.05, 3.63) is 64.1 Å². The second-order valence-electron chi connectivity index (χ2n) is 9.49. The highest BCUT2D eigenvalue weighted by Crippen LogP contribution is 2.46. The summed E-state index contributed by atoms with van der Waals surface area (Å²) in [5.41, 5.74) is 0.895. The Morgan fingerprint density at radius 1 is 1.21 bits per heavy atom. The average molecular weight is 576 g/mol. The van der Waals surface area contributed by atoms with E-state index in [4.69, 9.17) is 11.6 Å². The molecule has 2 bridgehead atoms. The van der Waals surface area contributed by atoms with Gasteiger partial charge in [0.2, 0.25) is 5.91 Å². The molecule has 0 N–H and O–H groups in total. The van der Waals surface area contributed by atoms with Gasteiger partial charge in [0.15, 0.2) is 0 Å². The summed E-state index contributed by atoms with van der Waals surface area (Å²) < 4.78 is 32.4. The van der Waals surface area contributed by atoms with E-state index >= 15 is 0 Å². The van der Waals surface area contributed by atoms with E-state index < -0.39 is 11.6 Å². The van der Waals surface area contributed by atoms with Gasteiger partial charge in [0, 0.05) is 66.0 Å². The number of aromatic nitrogens is 2. The number of nitrogens with zero attached hydrogens (tertiary/aromatic N) is 5. The summed E-state index contributed by atoms with van der Waals surface area (Å²) in [5.74, 6) is -0.387. The number of anilines is 1. The van der Waals surface area contributed by atoms with Gasteiger partial charge in [-0.25, -0.2) is 17.9 Å².